The van der Waals surface area contributed by atoms with Gasteiger partial charge in [-0.2, -0.15) is 0 Å². The number of carboxylic acids is 1. The number of carboxylic acid groups (broad SMARTS) is 1. The molecule has 108 valence electrons. The van der Waals surface area contributed by atoms with Crippen LogP contribution in [-0.4, -0.2) is 22.5 Å². The minimum atomic E-state index is -0.926. The molecule has 3 rings (SSSR count). The van der Waals surface area contributed by atoms with Gasteiger partial charge in [-0.05, 0) is 35.2 Å². The van der Waals surface area contributed by atoms with E-state index in [0.29, 0.717) is 17.1 Å². The maximum Gasteiger partial charge on any atom is 0.336 e. The Balaban J connectivity index is 1.81. The maximum atomic E-state index is 11.3. The molecule has 1 aliphatic rings. The summed E-state index contributed by atoms with van der Waals surface area (Å²) in [5, 5.41) is 9.76. The van der Waals surface area contributed by atoms with Gasteiger partial charge in [-0.25, -0.2) is 4.79 Å². The van der Waals surface area contributed by atoms with Gasteiger partial charge in [-0.1, -0.05) is 41.9 Å². The number of halogens is 1. The van der Waals surface area contributed by atoms with E-state index in [1.807, 2.05) is 12.1 Å². The average Bonchev–Trinajstić information content (AvgIpc) is 2.49. The largest absolute Gasteiger partial charge is 0.478 e. The molecule has 0 saturated heterocycles. The van der Waals surface area contributed by atoms with E-state index in [9.17, 15) is 9.90 Å². The summed E-state index contributed by atoms with van der Waals surface area (Å²) in [5.41, 5.74) is 3.82. The molecule has 0 radical (unpaired) electrons. The Morgan fingerprint density at radius 3 is 2.71 bits per heavy atom. The molecule has 4 heteroatoms. The lowest BCUT2D eigenvalue weighted by Gasteiger charge is -2.29. The lowest BCUT2D eigenvalue weighted by Crippen LogP contribution is -2.30. The SMILES string of the molecule is O=C(O)c1cc(Cl)ccc1CN1CCc2ccccc2C1. The molecular weight excluding hydrogens is 286 g/mol. The van der Waals surface area contributed by atoms with Crippen molar-refractivity contribution in [3.63, 3.8) is 0 Å². The zero-order valence-corrected chi connectivity index (χ0v) is 12.3. The summed E-state index contributed by atoms with van der Waals surface area (Å²) in [6.07, 6.45) is 1.01. The van der Waals surface area contributed by atoms with E-state index in [-0.39, 0.29) is 0 Å². The van der Waals surface area contributed by atoms with Gasteiger partial charge >= 0.3 is 5.97 Å². The Kier molecular flexibility index (Phi) is 3.95. The third-order valence-corrected chi connectivity index (χ3v) is 4.14. The molecule has 0 saturated carbocycles. The average molecular weight is 302 g/mol. The normalized spacial score (nSPS) is 14.7. The lowest BCUT2D eigenvalue weighted by atomic mass is 9.99. The molecule has 0 amide bonds. The Morgan fingerprint density at radius 1 is 1.19 bits per heavy atom. The van der Waals surface area contributed by atoms with Gasteiger partial charge in [-0.3, -0.25) is 4.90 Å². The van der Waals surface area contributed by atoms with Crippen LogP contribution in [0.1, 0.15) is 27.0 Å². The standard InChI is InChI=1S/C17H16ClNO2/c18-15-6-5-14(16(9-15)17(20)21)11-19-8-7-12-3-1-2-4-13(12)10-19/h1-6,9H,7-8,10-11H2,(H,20,21). The summed E-state index contributed by atoms with van der Waals surface area (Å²) in [7, 11) is 0. The van der Waals surface area contributed by atoms with Gasteiger partial charge in [0.15, 0.2) is 0 Å². The number of hydrogen-bond acceptors (Lipinski definition) is 2. The number of nitrogens with zero attached hydrogens (tertiary/aromatic N) is 1. The first-order valence-electron chi connectivity index (χ1n) is 6.94. The van der Waals surface area contributed by atoms with Gasteiger partial charge in [0.1, 0.15) is 0 Å². The van der Waals surface area contributed by atoms with Crippen LogP contribution in [0.25, 0.3) is 0 Å². The summed E-state index contributed by atoms with van der Waals surface area (Å²) in [6.45, 7) is 2.43. The Hall–Kier alpha value is -1.84. The van der Waals surface area contributed by atoms with Gasteiger partial charge in [0.2, 0.25) is 0 Å². The topological polar surface area (TPSA) is 40.5 Å². The molecule has 0 fully saturated rings. The first-order chi connectivity index (χ1) is 10.1. The summed E-state index contributed by atoms with van der Waals surface area (Å²) in [5.74, 6) is -0.926. The number of aromatic carboxylic acids is 1. The summed E-state index contributed by atoms with van der Waals surface area (Å²) in [6, 6.07) is 13.5. The second-order valence-corrected chi connectivity index (χ2v) is 5.77. The number of rotatable bonds is 3. The monoisotopic (exact) mass is 301 g/mol. The highest BCUT2D eigenvalue weighted by atomic mass is 35.5. The fraction of sp³-hybridized carbons (Fsp3) is 0.235. The highest BCUT2D eigenvalue weighted by molar-refractivity contribution is 6.30. The zero-order valence-electron chi connectivity index (χ0n) is 11.6. The van der Waals surface area contributed by atoms with Crippen molar-refractivity contribution >= 4 is 17.6 Å². The molecule has 0 atom stereocenters. The van der Waals surface area contributed by atoms with Crippen molar-refractivity contribution in [2.75, 3.05) is 6.54 Å². The predicted molar refractivity (Wildman–Crippen MR) is 82.7 cm³/mol. The minimum absolute atomic E-state index is 0.293. The van der Waals surface area contributed by atoms with E-state index in [2.05, 4.69) is 23.1 Å². The van der Waals surface area contributed by atoms with Crippen molar-refractivity contribution < 1.29 is 9.90 Å². The second kappa shape index (κ2) is 5.88. The van der Waals surface area contributed by atoms with Gasteiger partial charge in [0.05, 0.1) is 5.56 Å². The molecule has 1 aliphatic heterocycles. The van der Waals surface area contributed by atoms with Gasteiger partial charge in [0.25, 0.3) is 0 Å². The quantitative estimate of drug-likeness (QED) is 0.942. The summed E-state index contributed by atoms with van der Waals surface area (Å²) < 4.78 is 0. The molecule has 1 heterocycles. The van der Waals surface area contributed by atoms with Crippen LogP contribution in [0.2, 0.25) is 5.02 Å². The molecule has 21 heavy (non-hydrogen) atoms. The van der Waals surface area contributed by atoms with Crippen molar-refractivity contribution in [1.82, 2.24) is 4.90 Å². The van der Waals surface area contributed by atoms with E-state index in [4.69, 9.17) is 11.6 Å². The van der Waals surface area contributed by atoms with Crippen LogP contribution in [0.5, 0.6) is 0 Å². The van der Waals surface area contributed by atoms with Crippen LogP contribution in [0.15, 0.2) is 42.5 Å². The molecule has 2 aromatic carbocycles. The van der Waals surface area contributed by atoms with Crippen LogP contribution < -0.4 is 0 Å². The highest BCUT2D eigenvalue weighted by Gasteiger charge is 2.18. The molecule has 0 aromatic heterocycles. The van der Waals surface area contributed by atoms with Gasteiger partial charge < -0.3 is 5.11 Å². The van der Waals surface area contributed by atoms with E-state index in [1.165, 1.54) is 17.2 Å². The number of hydrogen-bond donors (Lipinski definition) is 1. The molecule has 0 unspecified atom stereocenters. The van der Waals surface area contributed by atoms with Crippen molar-refractivity contribution in [2.24, 2.45) is 0 Å². The van der Waals surface area contributed by atoms with Crippen molar-refractivity contribution in [3.8, 4) is 0 Å². The van der Waals surface area contributed by atoms with Crippen LogP contribution in [-0.2, 0) is 19.5 Å². The first kappa shape index (κ1) is 14.1. The molecule has 0 spiro atoms. The lowest BCUT2D eigenvalue weighted by molar-refractivity contribution is 0.0694. The van der Waals surface area contributed by atoms with E-state index >= 15 is 0 Å². The second-order valence-electron chi connectivity index (χ2n) is 5.34. The number of fused-ring (bicyclic) bond motifs is 1. The Morgan fingerprint density at radius 2 is 1.95 bits per heavy atom. The molecule has 3 nitrogen and oxygen atoms in total. The fourth-order valence-electron chi connectivity index (χ4n) is 2.82. The Bertz CT molecular complexity index is 684. The first-order valence-corrected chi connectivity index (χ1v) is 7.32. The van der Waals surface area contributed by atoms with Crippen LogP contribution in [0.3, 0.4) is 0 Å². The summed E-state index contributed by atoms with van der Waals surface area (Å²) >= 11 is 5.89. The maximum absolute atomic E-state index is 11.3. The molecular formula is C17H16ClNO2. The predicted octanol–water partition coefficient (Wildman–Crippen LogP) is 3.60. The Labute approximate surface area is 128 Å². The van der Waals surface area contributed by atoms with Gasteiger partial charge in [-0.15, -0.1) is 0 Å². The molecule has 0 bridgehead atoms. The number of benzene rings is 2. The van der Waals surface area contributed by atoms with E-state index in [0.717, 1.165) is 25.1 Å². The van der Waals surface area contributed by atoms with Crippen molar-refractivity contribution in [2.45, 2.75) is 19.5 Å². The van der Waals surface area contributed by atoms with Crippen LogP contribution in [0.4, 0.5) is 0 Å². The minimum Gasteiger partial charge on any atom is -0.478 e. The third kappa shape index (κ3) is 3.09. The third-order valence-electron chi connectivity index (χ3n) is 3.91. The van der Waals surface area contributed by atoms with E-state index < -0.39 is 5.97 Å². The molecule has 0 aliphatic carbocycles. The fourth-order valence-corrected chi connectivity index (χ4v) is 2.99. The summed E-state index contributed by atoms with van der Waals surface area (Å²) in [4.78, 5) is 13.6. The highest BCUT2D eigenvalue weighted by Crippen LogP contribution is 2.23. The van der Waals surface area contributed by atoms with Crippen molar-refractivity contribution in [3.05, 3.63) is 69.7 Å². The smallest absolute Gasteiger partial charge is 0.336 e. The molecule has 2 aromatic rings. The molecule has 1 N–H and O–H groups in total. The van der Waals surface area contributed by atoms with Crippen LogP contribution >= 0.6 is 11.6 Å². The van der Waals surface area contributed by atoms with Crippen molar-refractivity contribution in [1.29, 1.82) is 0 Å². The van der Waals surface area contributed by atoms with Gasteiger partial charge in [0, 0.05) is 24.7 Å². The van der Waals surface area contributed by atoms with Crippen LogP contribution in [0, 0.1) is 0 Å². The number of carbonyl (C=O) groups is 1. The van der Waals surface area contributed by atoms with E-state index in [1.54, 1.807) is 6.07 Å². The zero-order chi connectivity index (χ0) is 14.8.